The van der Waals surface area contributed by atoms with Gasteiger partial charge in [-0.2, -0.15) is 0 Å². The fourth-order valence-electron chi connectivity index (χ4n) is 2.13. The average Bonchev–Trinajstić information content (AvgIpc) is 2.62. The van der Waals surface area contributed by atoms with E-state index in [4.69, 9.17) is 22.1 Å². The minimum absolute atomic E-state index is 0.138. The summed E-state index contributed by atoms with van der Waals surface area (Å²) < 4.78 is 5.33. The van der Waals surface area contributed by atoms with Crippen LogP contribution in [0, 0.1) is 0 Å². The van der Waals surface area contributed by atoms with Crippen LogP contribution in [0.3, 0.4) is 0 Å². The van der Waals surface area contributed by atoms with E-state index >= 15 is 0 Å². The second-order valence-electron chi connectivity index (χ2n) is 5.28. The number of rotatable bonds is 5. The molecule has 0 radical (unpaired) electrons. The van der Waals surface area contributed by atoms with Gasteiger partial charge < -0.3 is 15.8 Å². The summed E-state index contributed by atoms with van der Waals surface area (Å²) in [6.45, 7) is 2.06. The number of carbonyl (C=O) groups excluding carboxylic acids is 3. The van der Waals surface area contributed by atoms with E-state index in [1.807, 2.05) is 0 Å². The molecule has 0 saturated heterocycles. The van der Waals surface area contributed by atoms with Gasteiger partial charge in [0.05, 0.1) is 16.3 Å². The average molecular weight is 376 g/mol. The minimum atomic E-state index is -1.30. The molecule has 2 aromatic carbocycles. The van der Waals surface area contributed by atoms with Gasteiger partial charge in [-0.3, -0.25) is 10.1 Å². The van der Waals surface area contributed by atoms with Crippen molar-refractivity contribution in [3.05, 3.63) is 64.7 Å². The van der Waals surface area contributed by atoms with Gasteiger partial charge in [0.2, 0.25) is 6.10 Å². The Balaban J connectivity index is 2.23. The van der Waals surface area contributed by atoms with Crippen LogP contribution in [-0.4, -0.2) is 24.5 Å². The van der Waals surface area contributed by atoms with Gasteiger partial charge in [-0.25, -0.2) is 9.59 Å². The zero-order valence-corrected chi connectivity index (χ0v) is 14.7. The van der Waals surface area contributed by atoms with Crippen molar-refractivity contribution in [1.29, 1.82) is 0 Å². The number of halogens is 1. The molecule has 0 heterocycles. The predicted octanol–water partition coefficient (Wildman–Crippen LogP) is 2.67. The van der Waals surface area contributed by atoms with Crippen molar-refractivity contribution in [1.82, 2.24) is 10.6 Å². The van der Waals surface area contributed by atoms with Gasteiger partial charge in [-0.05, 0) is 25.1 Å². The lowest BCUT2D eigenvalue weighted by Gasteiger charge is -2.18. The molecule has 0 aromatic heterocycles. The number of nitrogens with two attached hydrogens (primary N) is 1. The molecule has 1 atom stereocenters. The van der Waals surface area contributed by atoms with Crippen molar-refractivity contribution in [2.45, 2.75) is 13.0 Å². The molecule has 0 saturated carbocycles. The molecule has 0 aliphatic carbocycles. The van der Waals surface area contributed by atoms with Crippen LogP contribution >= 0.6 is 11.6 Å². The van der Waals surface area contributed by atoms with Crippen molar-refractivity contribution in [3.63, 3.8) is 0 Å². The molecule has 7 nitrogen and oxygen atoms in total. The molecule has 2 aromatic rings. The quantitative estimate of drug-likeness (QED) is 0.549. The molecule has 26 heavy (non-hydrogen) atoms. The lowest BCUT2D eigenvalue weighted by atomic mass is 10.1. The Morgan fingerprint density at radius 2 is 1.85 bits per heavy atom. The number of hydrogen-bond donors (Lipinski definition) is 3. The monoisotopic (exact) mass is 375 g/mol. The van der Waals surface area contributed by atoms with Crippen LogP contribution in [-0.2, 0) is 9.53 Å². The molecular weight excluding hydrogens is 358 g/mol. The van der Waals surface area contributed by atoms with Gasteiger partial charge in [-0.15, -0.1) is 0 Å². The Bertz CT molecular complexity index is 811. The summed E-state index contributed by atoms with van der Waals surface area (Å²) in [5.74, 6) is -1.54. The van der Waals surface area contributed by atoms with E-state index in [0.717, 1.165) is 0 Å². The maximum atomic E-state index is 12.4. The number of anilines is 1. The number of nitrogens with one attached hydrogen (secondary N) is 2. The minimum Gasteiger partial charge on any atom is -0.444 e. The summed E-state index contributed by atoms with van der Waals surface area (Å²) in [4.78, 5) is 36.4. The molecule has 0 fully saturated rings. The normalized spacial score (nSPS) is 11.3. The zero-order chi connectivity index (χ0) is 19.1. The highest BCUT2D eigenvalue weighted by Gasteiger charge is 2.27. The number of urea groups is 1. The maximum absolute atomic E-state index is 12.4. The second kappa shape index (κ2) is 8.87. The summed E-state index contributed by atoms with van der Waals surface area (Å²) in [6, 6.07) is 11.9. The number of carbonyl (C=O) groups is 3. The molecule has 2 rings (SSSR count). The molecule has 0 spiro atoms. The topological polar surface area (TPSA) is 111 Å². The summed E-state index contributed by atoms with van der Waals surface area (Å²) in [6.07, 6.45) is -1.30. The number of ether oxygens (including phenoxy) is 1. The molecule has 8 heteroatoms. The molecule has 0 bridgehead atoms. The van der Waals surface area contributed by atoms with Crippen LogP contribution in [0.15, 0.2) is 48.5 Å². The van der Waals surface area contributed by atoms with E-state index in [1.165, 1.54) is 18.2 Å². The first-order chi connectivity index (χ1) is 12.4. The summed E-state index contributed by atoms with van der Waals surface area (Å²) in [5, 5.41) is 4.88. The van der Waals surface area contributed by atoms with E-state index in [-0.39, 0.29) is 11.3 Å². The Labute approximate surface area is 155 Å². The first-order valence-corrected chi connectivity index (χ1v) is 8.19. The van der Waals surface area contributed by atoms with Crippen LogP contribution in [0.25, 0.3) is 0 Å². The third kappa shape index (κ3) is 4.97. The van der Waals surface area contributed by atoms with E-state index in [9.17, 15) is 14.4 Å². The number of nitrogen functional groups attached to an aromatic ring is 1. The highest BCUT2D eigenvalue weighted by atomic mass is 35.5. The van der Waals surface area contributed by atoms with E-state index in [2.05, 4.69) is 10.6 Å². The van der Waals surface area contributed by atoms with Gasteiger partial charge >= 0.3 is 12.0 Å². The predicted molar refractivity (Wildman–Crippen MR) is 97.7 cm³/mol. The first-order valence-electron chi connectivity index (χ1n) is 7.82. The van der Waals surface area contributed by atoms with Crippen molar-refractivity contribution >= 4 is 35.2 Å². The third-order valence-electron chi connectivity index (χ3n) is 3.37. The van der Waals surface area contributed by atoms with Crippen LogP contribution in [0.2, 0.25) is 5.02 Å². The lowest BCUT2D eigenvalue weighted by molar-refractivity contribution is -0.129. The van der Waals surface area contributed by atoms with E-state index < -0.39 is 24.0 Å². The molecule has 0 unspecified atom stereocenters. The highest BCUT2D eigenvalue weighted by Crippen LogP contribution is 2.23. The number of hydrogen-bond acceptors (Lipinski definition) is 5. The van der Waals surface area contributed by atoms with Gasteiger partial charge in [-0.1, -0.05) is 41.9 Å². The fourth-order valence-corrected chi connectivity index (χ4v) is 2.25. The van der Waals surface area contributed by atoms with E-state index in [0.29, 0.717) is 17.1 Å². The molecule has 0 aliphatic heterocycles. The van der Waals surface area contributed by atoms with E-state index in [1.54, 1.807) is 37.3 Å². The van der Waals surface area contributed by atoms with Crippen LogP contribution in [0.4, 0.5) is 10.5 Å². The van der Waals surface area contributed by atoms with Gasteiger partial charge in [0.25, 0.3) is 5.91 Å². The van der Waals surface area contributed by atoms with Gasteiger partial charge in [0, 0.05) is 12.1 Å². The third-order valence-corrected chi connectivity index (χ3v) is 3.72. The smallest absolute Gasteiger partial charge is 0.339 e. The molecule has 136 valence electrons. The maximum Gasteiger partial charge on any atom is 0.339 e. The highest BCUT2D eigenvalue weighted by molar-refractivity contribution is 6.33. The Morgan fingerprint density at radius 3 is 2.46 bits per heavy atom. The van der Waals surface area contributed by atoms with Crippen molar-refractivity contribution in [3.8, 4) is 0 Å². The number of benzene rings is 2. The fraction of sp³-hybridized carbons (Fsp3) is 0.167. The zero-order valence-electron chi connectivity index (χ0n) is 14.0. The Kier molecular flexibility index (Phi) is 6.57. The molecular formula is C18H18ClN3O4. The molecule has 4 N–H and O–H groups in total. The number of amides is 3. The summed E-state index contributed by atoms with van der Waals surface area (Å²) >= 11 is 5.84. The SMILES string of the molecule is CCNC(=O)NC(=O)[C@H](OC(=O)c1ccc(Cl)c(N)c1)c1ccccc1. The Morgan fingerprint density at radius 1 is 1.15 bits per heavy atom. The van der Waals surface area contributed by atoms with Gasteiger partial charge in [0.1, 0.15) is 0 Å². The summed E-state index contributed by atoms with van der Waals surface area (Å²) in [5.41, 5.74) is 6.46. The standard InChI is InChI=1S/C18H18ClN3O4/c1-2-21-18(25)22-16(23)15(11-6-4-3-5-7-11)26-17(24)12-8-9-13(19)14(20)10-12/h3-10,15H,2,20H2,1H3,(H2,21,22,23,25)/t15-/m1/s1. The van der Waals surface area contributed by atoms with Crippen molar-refractivity contribution in [2.24, 2.45) is 0 Å². The summed E-state index contributed by atoms with van der Waals surface area (Å²) in [7, 11) is 0. The number of imide groups is 1. The van der Waals surface area contributed by atoms with Crippen LogP contribution in [0.5, 0.6) is 0 Å². The largest absolute Gasteiger partial charge is 0.444 e. The second-order valence-corrected chi connectivity index (χ2v) is 5.69. The molecule has 0 aliphatic rings. The molecule has 3 amide bonds. The first kappa shape index (κ1) is 19.3. The lowest BCUT2D eigenvalue weighted by Crippen LogP contribution is -2.42. The van der Waals surface area contributed by atoms with Crippen LogP contribution < -0.4 is 16.4 Å². The van der Waals surface area contributed by atoms with Crippen LogP contribution in [0.1, 0.15) is 28.9 Å². The van der Waals surface area contributed by atoms with Gasteiger partial charge in [0.15, 0.2) is 0 Å². The van der Waals surface area contributed by atoms with Crippen molar-refractivity contribution < 1.29 is 19.1 Å². The Hall–Kier alpha value is -3.06. The van der Waals surface area contributed by atoms with Crippen molar-refractivity contribution in [2.75, 3.05) is 12.3 Å². The number of esters is 1.